The predicted molar refractivity (Wildman–Crippen MR) is 62.1 cm³/mol. The Morgan fingerprint density at radius 2 is 1.94 bits per heavy atom. The summed E-state index contributed by atoms with van der Waals surface area (Å²) in [7, 11) is 1.14. The highest BCUT2D eigenvalue weighted by Crippen LogP contribution is 2.27. The molecule has 0 heterocycles. The van der Waals surface area contributed by atoms with Gasteiger partial charge in [0, 0.05) is 12.0 Å². The van der Waals surface area contributed by atoms with Crippen molar-refractivity contribution in [1.82, 2.24) is 0 Å². The molecular formula is C13H13NO4. The summed E-state index contributed by atoms with van der Waals surface area (Å²) in [5.41, 5.74) is -1.77. The molecule has 5 heteroatoms. The van der Waals surface area contributed by atoms with Crippen molar-refractivity contribution in [2.45, 2.75) is 18.9 Å². The van der Waals surface area contributed by atoms with E-state index in [4.69, 9.17) is 4.74 Å². The van der Waals surface area contributed by atoms with Crippen molar-refractivity contribution in [3.63, 3.8) is 0 Å². The van der Waals surface area contributed by atoms with Gasteiger partial charge in [-0.05, 0) is 0 Å². The Hall–Kier alpha value is -2.35. The van der Waals surface area contributed by atoms with Gasteiger partial charge < -0.3 is 9.47 Å². The maximum absolute atomic E-state index is 11.8. The van der Waals surface area contributed by atoms with E-state index in [-0.39, 0.29) is 12.0 Å². The van der Waals surface area contributed by atoms with Crippen LogP contribution >= 0.6 is 0 Å². The van der Waals surface area contributed by atoms with Crippen LogP contribution in [0.4, 0.5) is 0 Å². The zero-order chi connectivity index (χ0) is 13.6. The Bertz CT molecular complexity index is 478. The third kappa shape index (κ3) is 2.48. The fourth-order valence-electron chi connectivity index (χ4n) is 1.41. The molecule has 1 unspecified atom stereocenters. The maximum Gasteiger partial charge on any atom is 0.370 e. The van der Waals surface area contributed by atoms with Gasteiger partial charge in [-0.2, -0.15) is 5.26 Å². The molecule has 18 heavy (non-hydrogen) atoms. The Balaban J connectivity index is 3.28. The van der Waals surface area contributed by atoms with Crippen LogP contribution in [0.15, 0.2) is 30.3 Å². The van der Waals surface area contributed by atoms with Gasteiger partial charge in [-0.25, -0.2) is 4.79 Å². The molecule has 0 aliphatic rings. The third-order valence-electron chi connectivity index (χ3n) is 2.37. The molecule has 0 N–H and O–H groups in total. The summed E-state index contributed by atoms with van der Waals surface area (Å²) in [6.45, 7) is 1.58. The van der Waals surface area contributed by atoms with Crippen LogP contribution in [0.3, 0.4) is 0 Å². The van der Waals surface area contributed by atoms with E-state index in [0.29, 0.717) is 0 Å². The molecular weight excluding hydrogens is 234 g/mol. The van der Waals surface area contributed by atoms with E-state index in [0.717, 1.165) is 7.11 Å². The Labute approximate surface area is 105 Å². The number of rotatable bonds is 4. The van der Waals surface area contributed by atoms with Crippen LogP contribution in [0.5, 0.6) is 0 Å². The first-order valence-electron chi connectivity index (χ1n) is 5.37. The zero-order valence-electron chi connectivity index (χ0n) is 10.2. The summed E-state index contributed by atoms with van der Waals surface area (Å²) in [6.07, 6.45) is 0.0628. The lowest BCUT2D eigenvalue weighted by molar-refractivity contribution is -0.175. The van der Waals surface area contributed by atoms with Crippen molar-refractivity contribution in [2.75, 3.05) is 7.11 Å². The average Bonchev–Trinajstić information content (AvgIpc) is 2.44. The van der Waals surface area contributed by atoms with E-state index in [1.807, 2.05) is 0 Å². The van der Waals surface area contributed by atoms with Crippen LogP contribution in [-0.4, -0.2) is 19.0 Å². The molecule has 5 nitrogen and oxygen atoms in total. The molecule has 0 spiro atoms. The molecule has 0 aromatic heterocycles. The first-order chi connectivity index (χ1) is 8.60. The van der Waals surface area contributed by atoms with Crippen molar-refractivity contribution in [2.24, 2.45) is 0 Å². The fourth-order valence-corrected chi connectivity index (χ4v) is 1.41. The lowest BCUT2D eigenvalue weighted by atomic mass is 9.95. The maximum atomic E-state index is 11.8. The number of hydrogen-bond donors (Lipinski definition) is 0. The van der Waals surface area contributed by atoms with Crippen LogP contribution in [0.2, 0.25) is 0 Å². The lowest BCUT2D eigenvalue weighted by Crippen LogP contribution is -2.40. The Kier molecular flexibility index (Phi) is 4.44. The SMILES string of the molecule is CCC(=O)OC(C#N)(C(=O)OC)c1ccccc1. The van der Waals surface area contributed by atoms with E-state index in [2.05, 4.69) is 4.74 Å². The highest BCUT2D eigenvalue weighted by atomic mass is 16.6. The van der Waals surface area contributed by atoms with Gasteiger partial charge in [0.25, 0.3) is 0 Å². The normalized spacial score (nSPS) is 12.9. The molecule has 0 amide bonds. The van der Waals surface area contributed by atoms with Crippen molar-refractivity contribution >= 4 is 11.9 Å². The fraction of sp³-hybridized carbons (Fsp3) is 0.308. The first kappa shape index (κ1) is 13.7. The molecule has 0 aliphatic carbocycles. The van der Waals surface area contributed by atoms with Crippen molar-refractivity contribution in [3.8, 4) is 6.07 Å². The molecule has 0 bridgehead atoms. The molecule has 94 valence electrons. The summed E-state index contributed by atoms with van der Waals surface area (Å²) in [6, 6.07) is 9.80. The number of benzene rings is 1. The Morgan fingerprint density at radius 3 is 2.39 bits per heavy atom. The smallest absolute Gasteiger partial charge is 0.370 e. The molecule has 0 radical (unpaired) electrons. The summed E-state index contributed by atoms with van der Waals surface area (Å²) in [5, 5.41) is 9.25. The second-order valence-corrected chi connectivity index (χ2v) is 3.48. The number of nitrogens with zero attached hydrogens (tertiary/aromatic N) is 1. The standard InChI is InChI=1S/C13H13NO4/c1-3-11(15)18-13(9-14,12(16)17-2)10-7-5-4-6-8-10/h4-8H,3H2,1-2H3. The minimum Gasteiger partial charge on any atom is -0.465 e. The quantitative estimate of drug-likeness (QED) is 0.754. The molecule has 1 atom stereocenters. The molecule has 0 aliphatic heterocycles. The van der Waals surface area contributed by atoms with Gasteiger partial charge in [-0.15, -0.1) is 0 Å². The number of carbonyl (C=O) groups excluding carboxylic acids is 2. The second-order valence-electron chi connectivity index (χ2n) is 3.48. The summed E-state index contributed by atoms with van der Waals surface area (Å²) >= 11 is 0. The van der Waals surface area contributed by atoms with E-state index in [1.54, 1.807) is 31.2 Å². The highest BCUT2D eigenvalue weighted by Gasteiger charge is 2.46. The Morgan fingerprint density at radius 1 is 1.33 bits per heavy atom. The number of methoxy groups -OCH3 is 1. The number of hydrogen-bond acceptors (Lipinski definition) is 5. The van der Waals surface area contributed by atoms with Gasteiger partial charge in [0.05, 0.1) is 7.11 Å². The van der Waals surface area contributed by atoms with Crippen molar-refractivity contribution in [3.05, 3.63) is 35.9 Å². The van der Waals surface area contributed by atoms with Gasteiger partial charge in [-0.3, -0.25) is 4.79 Å². The van der Waals surface area contributed by atoms with Gasteiger partial charge >= 0.3 is 17.5 Å². The van der Waals surface area contributed by atoms with Crippen LogP contribution in [0.1, 0.15) is 18.9 Å². The van der Waals surface area contributed by atoms with Crippen LogP contribution in [0.25, 0.3) is 0 Å². The molecule has 1 aromatic rings. The van der Waals surface area contributed by atoms with Gasteiger partial charge in [0.15, 0.2) is 0 Å². The third-order valence-corrected chi connectivity index (χ3v) is 2.37. The van der Waals surface area contributed by atoms with E-state index in [1.165, 1.54) is 12.1 Å². The predicted octanol–water partition coefficient (Wildman–Crippen LogP) is 1.53. The summed E-state index contributed by atoms with van der Waals surface area (Å²) < 4.78 is 9.57. The molecule has 0 fully saturated rings. The van der Waals surface area contributed by atoms with Crippen LogP contribution in [-0.2, 0) is 24.7 Å². The average molecular weight is 247 g/mol. The lowest BCUT2D eigenvalue weighted by Gasteiger charge is -2.23. The number of ether oxygens (including phenoxy) is 2. The largest absolute Gasteiger partial charge is 0.465 e. The summed E-state index contributed by atoms with van der Waals surface area (Å²) in [5.74, 6) is -1.57. The number of nitriles is 1. The molecule has 1 aromatic carbocycles. The zero-order valence-corrected chi connectivity index (χ0v) is 10.2. The second kappa shape index (κ2) is 5.82. The topological polar surface area (TPSA) is 76.4 Å². The molecule has 1 rings (SSSR count). The minimum atomic E-state index is -2.04. The van der Waals surface area contributed by atoms with E-state index in [9.17, 15) is 14.9 Å². The highest BCUT2D eigenvalue weighted by molar-refractivity contribution is 5.88. The van der Waals surface area contributed by atoms with Crippen molar-refractivity contribution in [1.29, 1.82) is 5.26 Å². The first-order valence-corrected chi connectivity index (χ1v) is 5.37. The van der Waals surface area contributed by atoms with Crippen LogP contribution < -0.4 is 0 Å². The monoisotopic (exact) mass is 247 g/mol. The van der Waals surface area contributed by atoms with Gasteiger partial charge in [0.2, 0.25) is 0 Å². The summed E-state index contributed by atoms with van der Waals surface area (Å²) in [4.78, 5) is 23.2. The molecule has 0 saturated carbocycles. The van der Waals surface area contributed by atoms with Gasteiger partial charge in [-0.1, -0.05) is 37.3 Å². The molecule has 0 saturated heterocycles. The number of esters is 2. The minimum absolute atomic E-state index is 0.0628. The van der Waals surface area contributed by atoms with E-state index < -0.39 is 17.5 Å². The van der Waals surface area contributed by atoms with Crippen LogP contribution in [0, 0.1) is 11.3 Å². The van der Waals surface area contributed by atoms with Crippen molar-refractivity contribution < 1.29 is 19.1 Å². The number of carbonyl (C=O) groups is 2. The van der Waals surface area contributed by atoms with Gasteiger partial charge in [0.1, 0.15) is 6.07 Å². The van der Waals surface area contributed by atoms with E-state index >= 15 is 0 Å².